The molecular weight excluding hydrogens is 366 g/mol. The Morgan fingerprint density at radius 2 is 1.69 bits per heavy atom. The fourth-order valence-electron chi connectivity index (χ4n) is 3.50. The maximum atomic E-state index is 12.9. The molecule has 0 aromatic heterocycles. The third-order valence-corrected chi connectivity index (χ3v) is 5.19. The number of nitrogens with zero attached hydrogens (tertiary/aromatic N) is 1. The summed E-state index contributed by atoms with van der Waals surface area (Å²) in [5.41, 5.74) is 1.33. The van der Waals surface area contributed by atoms with Crippen molar-refractivity contribution in [3.63, 3.8) is 0 Å². The number of ketones is 1. The molecule has 1 aliphatic rings. The van der Waals surface area contributed by atoms with Crippen molar-refractivity contribution >= 4 is 11.7 Å². The summed E-state index contributed by atoms with van der Waals surface area (Å²) in [5.74, 6) is 1.97. The zero-order chi connectivity index (χ0) is 20.8. The molecule has 0 atom stereocenters. The van der Waals surface area contributed by atoms with Gasteiger partial charge in [0.2, 0.25) is 0 Å². The number of hydrogen-bond acceptors (Lipinski definition) is 4. The number of likely N-dealkylation sites (tertiary alicyclic amines) is 1. The van der Waals surface area contributed by atoms with Crippen LogP contribution in [0, 0.1) is 11.8 Å². The van der Waals surface area contributed by atoms with Crippen LogP contribution >= 0.6 is 0 Å². The predicted molar refractivity (Wildman–Crippen MR) is 113 cm³/mol. The molecular formula is C24H29NO4. The lowest BCUT2D eigenvalue weighted by Gasteiger charge is -2.31. The fraction of sp³-hybridized carbons (Fsp3) is 0.417. The first-order valence-electron chi connectivity index (χ1n) is 10.2. The lowest BCUT2D eigenvalue weighted by atomic mass is 9.88. The van der Waals surface area contributed by atoms with Crippen molar-refractivity contribution in [1.29, 1.82) is 0 Å². The monoisotopic (exact) mass is 395 g/mol. The molecule has 154 valence electrons. The molecule has 0 aliphatic carbocycles. The predicted octanol–water partition coefficient (Wildman–Crippen LogP) is 4.47. The zero-order valence-electron chi connectivity index (χ0n) is 17.4. The molecule has 0 N–H and O–H groups in total. The van der Waals surface area contributed by atoms with E-state index in [9.17, 15) is 9.59 Å². The number of carbonyl (C=O) groups is 2. The number of carbonyl (C=O) groups excluding carboxylic acids is 2. The Bertz CT molecular complexity index is 836. The molecule has 0 unspecified atom stereocenters. The van der Waals surface area contributed by atoms with Gasteiger partial charge in [-0.1, -0.05) is 19.9 Å². The zero-order valence-corrected chi connectivity index (χ0v) is 17.4. The molecule has 0 radical (unpaired) electrons. The van der Waals surface area contributed by atoms with Crippen molar-refractivity contribution in [2.24, 2.45) is 11.8 Å². The van der Waals surface area contributed by atoms with Crippen molar-refractivity contribution in [3.8, 4) is 11.5 Å². The van der Waals surface area contributed by atoms with Crippen LogP contribution in [-0.2, 0) is 0 Å². The second-order valence-corrected chi connectivity index (χ2v) is 7.89. The summed E-state index contributed by atoms with van der Waals surface area (Å²) in [7, 11) is 1.61. The van der Waals surface area contributed by atoms with Crippen LogP contribution in [0.2, 0.25) is 0 Å². The maximum absolute atomic E-state index is 12.9. The van der Waals surface area contributed by atoms with E-state index in [1.54, 1.807) is 37.4 Å². The molecule has 3 rings (SSSR count). The van der Waals surface area contributed by atoms with Crippen molar-refractivity contribution in [2.45, 2.75) is 26.7 Å². The molecule has 1 heterocycles. The Hall–Kier alpha value is -2.82. The SMILES string of the molecule is COc1ccc(C(=O)C2CCN(C(=O)c3cccc(OCC(C)C)c3)CC2)cc1. The van der Waals surface area contributed by atoms with Gasteiger partial charge in [0.05, 0.1) is 13.7 Å². The maximum Gasteiger partial charge on any atom is 0.253 e. The second-order valence-electron chi connectivity index (χ2n) is 7.89. The second kappa shape index (κ2) is 9.59. The van der Waals surface area contributed by atoms with Gasteiger partial charge in [0.1, 0.15) is 11.5 Å². The number of hydrogen-bond donors (Lipinski definition) is 0. The van der Waals surface area contributed by atoms with Crippen LogP contribution in [0.1, 0.15) is 47.4 Å². The van der Waals surface area contributed by atoms with E-state index in [1.165, 1.54) is 0 Å². The van der Waals surface area contributed by atoms with Crippen LogP contribution in [-0.4, -0.2) is 43.4 Å². The third kappa shape index (κ3) is 5.37. The molecule has 29 heavy (non-hydrogen) atoms. The minimum atomic E-state index is -0.0480. The average Bonchev–Trinajstić information content (AvgIpc) is 2.77. The van der Waals surface area contributed by atoms with Gasteiger partial charge in [-0.15, -0.1) is 0 Å². The summed E-state index contributed by atoms with van der Waals surface area (Å²) in [6.07, 6.45) is 1.36. The van der Waals surface area contributed by atoms with Gasteiger partial charge in [0, 0.05) is 30.1 Å². The van der Waals surface area contributed by atoms with Crippen LogP contribution in [0.5, 0.6) is 11.5 Å². The topological polar surface area (TPSA) is 55.8 Å². The smallest absolute Gasteiger partial charge is 0.253 e. The summed E-state index contributed by atoms with van der Waals surface area (Å²) >= 11 is 0. The van der Waals surface area contributed by atoms with E-state index >= 15 is 0 Å². The van der Waals surface area contributed by atoms with E-state index in [4.69, 9.17) is 9.47 Å². The average molecular weight is 395 g/mol. The van der Waals surface area contributed by atoms with E-state index in [0.717, 1.165) is 5.75 Å². The normalized spacial score (nSPS) is 14.7. The van der Waals surface area contributed by atoms with Gasteiger partial charge in [0.25, 0.3) is 5.91 Å². The van der Waals surface area contributed by atoms with Crippen molar-refractivity contribution in [3.05, 3.63) is 59.7 Å². The molecule has 0 spiro atoms. The van der Waals surface area contributed by atoms with Crippen molar-refractivity contribution in [2.75, 3.05) is 26.8 Å². The van der Waals surface area contributed by atoms with Gasteiger partial charge in [-0.3, -0.25) is 9.59 Å². The number of ether oxygens (including phenoxy) is 2. The van der Waals surface area contributed by atoms with Crippen LogP contribution in [0.15, 0.2) is 48.5 Å². The number of amides is 1. The van der Waals surface area contributed by atoms with Gasteiger partial charge in [-0.2, -0.15) is 0 Å². The van der Waals surface area contributed by atoms with E-state index in [-0.39, 0.29) is 17.6 Å². The summed E-state index contributed by atoms with van der Waals surface area (Å²) in [4.78, 5) is 27.5. The Morgan fingerprint density at radius 1 is 1.00 bits per heavy atom. The first-order valence-corrected chi connectivity index (χ1v) is 10.2. The molecule has 2 aromatic carbocycles. The number of methoxy groups -OCH3 is 1. The largest absolute Gasteiger partial charge is 0.497 e. The molecule has 1 saturated heterocycles. The first-order chi connectivity index (χ1) is 14.0. The molecule has 0 saturated carbocycles. The fourth-order valence-corrected chi connectivity index (χ4v) is 3.50. The lowest BCUT2D eigenvalue weighted by molar-refractivity contribution is 0.0650. The summed E-state index contributed by atoms with van der Waals surface area (Å²) in [6, 6.07) is 14.6. The Balaban J connectivity index is 1.57. The van der Waals surface area contributed by atoms with E-state index in [0.29, 0.717) is 55.3 Å². The molecule has 2 aromatic rings. The Kier molecular flexibility index (Phi) is 6.91. The number of benzene rings is 2. The van der Waals surface area contributed by atoms with Gasteiger partial charge in [0.15, 0.2) is 5.78 Å². The Labute approximate surface area is 172 Å². The van der Waals surface area contributed by atoms with Crippen LogP contribution in [0.25, 0.3) is 0 Å². The van der Waals surface area contributed by atoms with E-state index in [1.807, 2.05) is 23.1 Å². The highest BCUT2D eigenvalue weighted by Crippen LogP contribution is 2.25. The lowest BCUT2D eigenvalue weighted by Crippen LogP contribution is -2.40. The van der Waals surface area contributed by atoms with Gasteiger partial charge in [-0.05, 0) is 61.2 Å². The summed E-state index contributed by atoms with van der Waals surface area (Å²) < 4.78 is 10.9. The number of Topliss-reactive ketones (excluding diaryl/α,β-unsaturated/α-hetero) is 1. The van der Waals surface area contributed by atoms with Gasteiger partial charge >= 0.3 is 0 Å². The quantitative estimate of drug-likeness (QED) is 0.649. The van der Waals surface area contributed by atoms with Crippen LogP contribution in [0.4, 0.5) is 0 Å². The third-order valence-electron chi connectivity index (χ3n) is 5.19. The van der Waals surface area contributed by atoms with Crippen LogP contribution < -0.4 is 9.47 Å². The highest BCUT2D eigenvalue weighted by atomic mass is 16.5. The minimum absolute atomic E-state index is 0.00431. The first kappa shape index (κ1) is 20.9. The van der Waals surface area contributed by atoms with Gasteiger partial charge in [-0.25, -0.2) is 0 Å². The molecule has 1 amide bonds. The van der Waals surface area contributed by atoms with Crippen LogP contribution in [0.3, 0.4) is 0 Å². The molecule has 5 heteroatoms. The Morgan fingerprint density at radius 3 is 2.31 bits per heavy atom. The number of rotatable bonds is 7. The molecule has 5 nitrogen and oxygen atoms in total. The van der Waals surface area contributed by atoms with Crippen molar-refractivity contribution in [1.82, 2.24) is 4.90 Å². The summed E-state index contributed by atoms with van der Waals surface area (Å²) in [5, 5.41) is 0. The standard InChI is InChI=1S/C24H29NO4/c1-17(2)16-29-22-6-4-5-20(15-22)24(27)25-13-11-19(12-14-25)23(26)18-7-9-21(28-3)10-8-18/h4-10,15,17,19H,11-14,16H2,1-3H3. The highest BCUT2D eigenvalue weighted by Gasteiger charge is 2.28. The molecule has 1 fully saturated rings. The summed E-state index contributed by atoms with van der Waals surface area (Å²) in [6.45, 7) is 5.97. The van der Waals surface area contributed by atoms with E-state index in [2.05, 4.69) is 13.8 Å². The highest BCUT2D eigenvalue weighted by molar-refractivity contribution is 5.98. The molecule has 0 bridgehead atoms. The van der Waals surface area contributed by atoms with Gasteiger partial charge < -0.3 is 14.4 Å². The minimum Gasteiger partial charge on any atom is -0.497 e. The van der Waals surface area contributed by atoms with E-state index < -0.39 is 0 Å². The molecule has 1 aliphatic heterocycles. The number of piperidine rings is 1. The van der Waals surface area contributed by atoms with Crippen molar-refractivity contribution < 1.29 is 19.1 Å².